The largest absolute Gasteiger partial charge is 0.416 e. The van der Waals surface area contributed by atoms with Crippen LogP contribution in [-0.2, 0) is 11.0 Å². The van der Waals surface area contributed by atoms with Gasteiger partial charge in [-0.05, 0) is 18.7 Å². The molecule has 24 heavy (non-hydrogen) atoms. The van der Waals surface area contributed by atoms with E-state index in [1.807, 2.05) is 11.9 Å². The molecule has 0 aliphatic carbocycles. The van der Waals surface area contributed by atoms with Crippen LogP contribution < -0.4 is 5.32 Å². The fourth-order valence-electron chi connectivity index (χ4n) is 3.50. The normalized spacial score (nSPS) is 25.9. The molecule has 0 radical (unpaired) electrons. The zero-order chi connectivity index (χ0) is 17.3. The topological polar surface area (TPSA) is 35.6 Å². The van der Waals surface area contributed by atoms with Crippen LogP contribution in [0.1, 0.15) is 17.0 Å². The van der Waals surface area contributed by atoms with Gasteiger partial charge in [0.15, 0.2) is 0 Å². The number of nitrogens with one attached hydrogen (secondary N) is 1. The number of likely N-dealkylation sites (N-methyl/N-ethyl adjacent to an activating group) is 1. The summed E-state index contributed by atoms with van der Waals surface area (Å²) in [4.78, 5) is 16.8. The molecule has 2 saturated heterocycles. The highest BCUT2D eigenvalue weighted by Crippen LogP contribution is 2.34. The maximum absolute atomic E-state index is 12.9. The third-order valence-electron chi connectivity index (χ3n) is 4.99. The van der Waals surface area contributed by atoms with E-state index in [4.69, 9.17) is 0 Å². The second kappa shape index (κ2) is 6.72. The molecule has 2 aliphatic rings. The number of benzene rings is 1. The van der Waals surface area contributed by atoms with E-state index in [0.717, 1.165) is 19.2 Å². The number of alkyl halides is 3. The molecule has 1 aromatic rings. The van der Waals surface area contributed by atoms with Gasteiger partial charge in [0, 0.05) is 45.2 Å². The summed E-state index contributed by atoms with van der Waals surface area (Å²) in [6, 6.07) is 5.37. The smallest absolute Gasteiger partial charge is 0.340 e. The van der Waals surface area contributed by atoms with Gasteiger partial charge in [0.1, 0.15) is 0 Å². The van der Waals surface area contributed by atoms with Crippen molar-refractivity contribution in [3.8, 4) is 0 Å². The van der Waals surface area contributed by atoms with Crippen molar-refractivity contribution in [1.29, 1.82) is 0 Å². The highest BCUT2D eigenvalue weighted by atomic mass is 19.4. The Labute approximate surface area is 139 Å². The lowest BCUT2D eigenvalue weighted by Gasteiger charge is -2.35. The number of hydrogen-bond acceptors (Lipinski definition) is 3. The van der Waals surface area contributed by atoms with Gasteiger partial charge in [-0.1, -0.05) is 18.2 Å². The molecule has 132 valence electrons. The first-order chi connectivity index (χ1) is 11.4. The monoisotopic (exact) mass is 341 g/mol. The standard InChI is InChI=1S/C17H22F3N3O/c1-22-5-7-23(8-6-22)16(24)15-11-21-10-14(15)12-3-2-4-13(9-12)17(18,19)20/h2-4,9,14-15,21H,5-8,10-11H2,1H3. The zero-order valence-electron chi connectivity index (χ0n) is 13.6. The van der Waals surface area contributed by atoms with Gasteiger partial charge < -0.3 is 15.1 Å². The summed E-state index contributed by atoms with van der Waals surface area (Å²) in [6.45, 7) is 4.08. The van der Waals surface area contributed by atoms with Crippen molar-refractivity contribution in [3.63, 3.8) is 0 Å². The minimum atomic E-state index is -4.36. The van der Waals surface area contributed by atoms with Crippen LogP contribution in [0.2, 0.25) is 0 Å². The van der Waals surface area contributed by atoms with Gasteiger partial charge in [0.2, 0.25) is 5.91 Å². The van der Waals surface area contributed by atoms with Gasteiger partial charge in [-0.25, -0.2) is 0 Å². The predicted molar refractivity (Wildman–Crippen MR) is 84.6 cm³/mol. The highest BCUT2D eigenvalue weighted by molar-refractivity contribution is 5.80. The van der Waals surface area contributed by atoms with Crippen LogP contribution in [0.5, 0.6) is 0 Å². The highest BCUT2D eigenvalue weighted by Gasteiger charge is 2.38. The van der Waals surface area contributed by atoms with Crippen LogP contribution in [-0.4, -0.2) is 62.0 Å². The maximum atomic E-state index is 12.9. The Morgan fingerprint density at radius 2 is 1.88 bits per heavy atom. The van der Waals surface area contributed by atoms with Crippen molar-refractivity contribution in [3.05, 3.63) is 35.4 Å². The molecule has 4 nitrogen and oxygen atoms in total. The van der Waals surface area contributed by atoms with Crippen molar-refractivity contribution >= 4 is 5.91 Å². The Bertz CT molecular complexity index is 597. The molecule has 1 aromatic carbocycles. The van der Waals surface area contributed by atoms with Crippen molar-refractivity contribution in [1.82, 2.24) is 15.1 Å². The number of carbonyl (C=O) groups excluding carboxylic acids is 1. The first kappa shape index (κ1) is 17.2. The number of amides is 1. The molecule has 2 unspecified atom stereocenters. The van der Waals surface area contributed by atoms with Crippen molar-refractivity contribution < 1.29 is 18.0 Å². The molecule has 1 N–H and O–H groups in total. The summed E-state index contributed by atoms with van der Waals surface area (Å²) in [5, 5.41) is 3.17. The van der Waals surface area contributed by atoms with E-state index in [-0.39, 0.29) is 17.7 Å². The molecule has 0 saturated carbocycles. The summed E-state index contributed by atoms with van der Waals surface area (Å²) in [5.74, 6) is -0.452. The van der Waals surface area contributed by atoms with E-state index < -0.39 is 11.7 Å². The lowest BCUT2D eigenvalue weighted by molar-refractivity contribution is -0.137. The number of carbonyl (C=O) groups is 1. The Hall–Kier alpha value is -1.60. The fraction of sp³-hybridized carbons (Fsp3) is 0.588. The first-order valence-electron chi connectivity index (χ1n) is 8.21. The zero-order valence-corrected chi connectivity index (χ0v) is 13.6. The van der Waals surface area contributed by atoms with Gasteiger partial charge >= 0.3 is 6.18 Å². The Kier molecular flexibility index (Phi) is 4.83. The van der Waals surface area contributed by atoms with E-state index in [2.05, 4.69) is 10.2 Å². The molecule has 2 heterocycles. The van der Waals surface area contributed by atoms with Crippen molar-refractivity contribution in [2.75, 3.05) is 46.3 Å². The van der Waals surface area contributed by atoms with E-state index >= 15 is 0 Å². The van der Waals surface area contributed by atoms with Gasteiger partial charge in [-0.2, -0.15) is 13.2 Å². The van der Waals surface area contributed by atoms with Crippen molar-refractivity contribution in [2.24, 2.45) is 5.92 Å². The summed E-state index contributed by atoms with van der Waals surface area (Å²) in [7, 11) is 2.02. The van der Waals surface area contributed by atoms with Gasteiger partial charge in [0.05, 0.1) is 11.5 Å². The molecular formula is C17H22F3N3O. The van der Waals surface area contributed by atoms with Gasteiger partial charge in [0.25, 0.3) is 0 Å². The number of rotatable bonds is 2. The Morgan fingerprint density at radius 1 is 1.17 bits per heavy atom. The molecule has 2 atom stereocenters. The summed E-state index contributed by atoms with van der Waals surface area (Å²) >= 11 is 0. The average molecular weight is 341 g/mol. The minimum Gasteiger partial charge on any atom is -0.340 e. The molecule has 0 spiro atoms. The summed E-state index contributed by atoms with van der Waals surface area (Å²) in [5.41, 5.74) is -0.0694. The third-order valence-corrected chi connectivity index (χ3v) is 4.99. The third kappa shape index (κ3) is 3.57. The molecule has 7 heteroatoms. The molecule has 2 fully saturated rings. The van der Waals surface area contributed by atoms with E-state index in [1.165, 1.54) is 12.1 Å². The molecule has 0 aromatic heterocycles. The van der Waals surface area contributed by atoms with Crippen LogP contribution in [0.15, 0.2) is 24.3 Å². The predicted octanol–water partition coefficient (Wildman–Crippen LogP) is 1.78. The van der Waals surface area contributed by atoms with E-state index in [1.54, 1.807) is 6.07 Å². The van der Waals surface area contributed by atoms with Crippen LogP contribution in [0.3, 0.4) is 0 Å². The summed E-state index contributed by atoms with van der Waals surface area (Å²) < 4.78 is 38.8. The maximum Gasteiger partial charge on any atom is 0.416 e. The molecule has 1 amide bonds. The molecule has 2 aliphatic heterocycles. The number of piperazine rings is 1. The SMILES string of the molecule is CN1CCN(C(=O)C2CNCC2c2cccc(C(F)(F)F)c2)CC1. The van der Waals surface area contributed by atoms with Crippen LogP contribution in [0.25, 0.3) is 0 Å². The van der Waals surface area contributed by atoms with Crippen LogP contribution in [0.4, 0.5) is 13.2 Å². The molecule has 0 bridgehead atoms. The van der Waals surface area contributed by atoms with Crippen LogP contribution >= 0.6 is 0 Å². The second-order valence-electron chi connectivity index (χ2n) is 6.62. The summed E-state index contributed by atoms with van der Waals surface area (Å²) in [6.07, 6.45) is -4.36. The lowest BCUT2D eigenvalue weighted by Crippen LogP contribution is -2.49. The Balaban J connectivity index is 1.77. The lowest BCUT2D eigenvalue weighted by atomic mass is 9.87. The molecule has 3 rings (SSSR count). The van der Waals surface area contributed by atoms with Gasteiger partial charge in [-0.15, -0.1) is 0 Å². The quantitative estimate of drug-likeness (QED) is 0.891. The van der Waals surface area contributed by atoms with Crippen LogP contribution in [0, 0.1) is 5.92 Å². The number of halogens is 3. The minimum absolute atomic E-state index is 0.0514. The second-order valence-corrected chi connectivity index (χ2v) is 6.62. The first-order valence-corrected chi connectivity index (χ1v) is 8.21. The average Bonchev–Trinajstić information content (AvgIpc) is 3.04. The number of hydrogen-bond donors (Lipinski definition) is 1. The van der Waals surface area contributed by atoms with E-state index in [9.17, 15) is 18.0 Å². The van der Waals surface area contributed by atoms with E-state index in [0.29, 0.717) is 31.7 Å². The Morgan fingerprint density at radius 3 is 2.54 bits per heavy atom. The molecular weight excluding hydrogens is 319 g/mol. The van der Waals surface area contributed by atoms with Crippen molar-refractivity contribution in [2.45, 2.75) is 12.1 Å². The van der Waals surface area contributed by atoms with Gasteiger partial charge in [-0.3, -0.25) is 4.79 Å². The number of nitrogens with zero attached hydrogens (tertiary/aromatic N) is 2. The fourth-order valence-corrected chi connectivity index (χ4v) is 3.50.